The normalized spacial score (nSPS) is 14.1. The van der Waals surface area contributed by atoms with Crippen molar-refractivity contribution < 1.29 is 13.2 Å². The van der Waals surface area contributed by atoms with Crippen molar-refractivity contribution in [3.05, 3.63) is 0 Å². The van der Waals surface area contributed by atoms with Gasteiger partial charge in [0.05, 0.1) is 5.75 Å². The number of hydrogen-bond donors (Lipinski definition) is 1. The Balaban J connectivity index is 3.56. The Bertz CT molecular complexity index is 242. The maximum Gasteiger partial charge on any atom is 0.211 e. The molecular weight excluding hydrogens is 238 g/mol. The van der Waals surface area contributed by atoms with Crippen molar-refractivity contribution in [1.82, 2.24) is 4.72 Å². The second-order valence-corrected chi connectivity index (χ2v) is 6.15. The summed E-state index contributed by atoms with van der Waals surface area (Å²) in [5.74, 6) is 0.122. The molecule has 0 aliphatic heterocycles. The number of hydrogen-bond acceptors (Lipinski definition) is 3. The van der Waals surface area contributed by atoms with Crippen LogP contribution < -0.4 is 4.72 Å². The van der Waals surface area contributed by atoms with E-state index < -0.39 is 10.0 Å². The summed E-state index contributed by atoms with van der Waals surface area (Å²) in [5, 5.41) is 0.1000. The van der Waals surface area contributed by atoms with Gasteiger partial charge in [-0.25, -0.2) is 13.1 Å². The van der Waals surface area contributed by atoms with Crippen molar-refractivity contribution in [2.24, 2.45) is 0 Å². The monoisotopic (exact) mass is 257 g/mol. The molecular formula is C9H20ClNO3S. The summed E-state index contributed by atoms with van der Waals surface area (Å²) in [4.78, 5) is 0. The van der Waals surface area contributed by atoms with E-state index in [2.05, 4.69) is 4.72 Å². The SMILES string of the molecule is COCCCS(=O)(=O)NCCCC(C)Cl. The number of nitrogens with one attached hydrogen (secondary N) is 1. The van der Waals surface area contributed by atoms with Crippen LogP contribution in [0.1, 0.15) is 26.2 Å². The van der Waals surface area contributed by atoms with Crippen molar-refractivity contribution in [1.29, 1.82) is 0 Å². The molecule has 0 aromatic heterocycles. The van der Waals surface area contributed by atoms with Crippen LogP contribution in [0.4, 0.5) is 0 Å². The maximum absolute atomic E-state index is 11.4. The van der Waals surface area contributed by atoms with Gasteiger partial charge in [-0.2, -0.15) is 0 Å². The third kappa shape index (κ3) is 10.4. The molecule has 0 aliphatic rings. The highest BCUT2D eigenvalue weighted by Gasteiger charge is 2.08. The van der Waals surface area contributed by atoms with E-state index >= 15 is 0 Å². The molecule has 0 aromatic rings. The van der Waals surface area contributed by atoms with Gasteiger partial charge in [-0.1, -0.05) is 0 Å². The maximum atomic E-state index is 11.4. The zero-order valence-electron chi connectivity index (χ0n) is 9.33. The highest BCUT2D eigenvalue weighted by molar-refractivity contribution is 7.89. The van der Waals surface area contributed by atoms with Crippen molar-refractivity contribution >= 4 is 21.6 Å². The van der Waals surface area contributed by atoms with Gasteiger partial charge < -0.3 is 4.74 Å². The number of halogens is 1. The summed E-state index contributed by atoms with van der Waals surface area (Å²) in [6, 6.07) is 0. The molecule has 6 heteroatoms. The Labute approximate surface area is 97.4 Å². The molecule has 0 spiro atoms. The van der Waals surface area contributed by atoms with Crippen LogP contribution in [0.3, 0.4) is 0 Å². The average Bonchev–Trinajstić information content (AvgIpc) is 2.13. The van der Waals surface area contributed by atoms with E-state index in [1.54, 1.807) is 7.11 Å². The lowest BCUT2D eigenvalue weighted by Gasteiger charge is -2.06. The van der Waals surface area contributed by atoms with Crippen LogP contribution in [0.25, 0.3) is 0 Å². The third-order valence-electron chi connectivity index (χ3n) is 1.86. The molecule has 0 heterocycles. The third-order valence-corrected chi connectivity index (χ3v) is 3.55. The quantitative estimate of drug-likeness (QED) is 0.501. The molecule has 1 N–H and O–H groups in total. The lowest BCUT2D eigenvalue weighted by atomic mass is 10.2. The summed E-state index contributed by atoms with van der Waals surface area (Å²) in [7, 11) is -1.57. The van der Waals surface area contributed by atoms with E-state index in [-0.39, 0.29) is 11.1 Å². The first-order valence-electron chi connectivity index (χ1n) is 5.08. The first-order valence-corrected chi connectivity index (χ1v) is 7.17. The molecule has 1 atom stereocenters. The largest absolute Gasteiger partial charge is 0.385 e. The Morgan fingerprint density at radius 3 is 2.60 bits per heavy atom. The van der Waals surface area contributed by atoms with E-state index in [0.717, 1.165) is 12.8 Å². The zero-order valence-corrected chi connectivity index (χ0v) is 10.9. The van der Waals surface area contributed by atoms with Gasteiger partial charge in [-0.15, -0.1) is 11.6 Å². The topological polar surface area (TPSA) is 55.4 Å². The fourth-order valence-corrected chi connectivity index (χ4v) is 2.33. The van der Waals surface area contributed by atoms with Crippen LogP contribution in [0.2, 0.25) is 0 Å². The lowest BCUT2D eigenvalue weighted by Crippen LogP contribution is -2.28. The number of sulfonamides is 1. The highest BCUT2D eigenvalue weighted by atomic mass is 35.5. The van der Waals surface area contributed by atoms with Crippen LogP contribution in [0.15, 0.2) is 0 Å². The first-order chi connectivity index (χ1) is 6.98. The Hall–Kier alpha value is 0.160. The summed E-state index contributed by atoms with van der Waals surface area (Å²) < 4.78 is 30.0. The van der Waals surface area contributed by atoms with E-state index in [9.17, 15) is 8.42 Å². The second kappa shape index (κ2) is 8.33. The van der Waals surface area contributed by atoms with E-state index in [0.29, 0.717) is 19.6 Å². The lowest BCUT2D eigenvalue weighted by molar-refractivity contribution is 0.199. The van der Waals surface area contributed by atoms with Crippen molar-refractivity contribution in [2.45, 2.75) is 31.6 Å². The predicted octanol–water partition coefficient (Wildman–Crippen LogP) is 1.35. The fraction of sp³-hybridized carbons (Fsp3) is 1.00. The molecule has 0 fully saturated rings. The molecule has 0 bridgehead atoms. The first kappa shape index (κ1) is 15.2. The molecule has 1 unspecified atom stereocenters. The minimum absolute atomic E-state index is 0.1000. The van der Waals surface area contributed by atoms with E-state index in [4.69, 9.17) is 16.3 Å². The van der Waals surface area contributed by atoms with Gasteiger partial charge in [-0.3, -0.25) is 0 Å². The van der Waals surface area contributed by atoms with Gasteiger partial charge in [0.1, 0.15) is 0 Å². The highest BCUT2D eigenvalue weighted by Crippen LogP contribution is 2.02. The predicted molar refractivity (Wildman–Crippen MR) is 62.8 cm³/mol. The summed E-state index contributed by atoms with van der Waals surface area (Å²) in [6.45, 7) is 2.83. The average molecular weight is 258 g/mol. The molecule has 0 saturated heterocycles. The van der Waals surface area contributed by atoms with E-state index in [1.807, 2.05) is 6.92 Å². The number of alkyl halides is 1. The second-order valence-electron chi connectivity index (χ2n) is 3.48. The number of rotatable bonds is 9. The summed E-state index contributed by atoms with van der Waals surface area (Å²) in [6.07, 6.45) is 2.12. The number of methoxy groups -OCH3 is 1. The van der Waals surface area contributed by atoms with Crippen LogP contribution in [-0.2, 0) is 14.8 Å². The van der Waals surface area contributed by atoms with Crippen LogP contribution in [-0.4, -0.2) is 39.8 Å². The minimum Gasteiger partial charge on any atom is -0.385 e. The molecule has 92 valence electrons. The molecule has 15 heavy (non-hydrogen) atoms. The van der Waals surface area contributed by atoms with Gasteiger partial charge >= 0.3 is 0 Å². The molecule has 0 saturated carbocycles. The molecule has 0 aromatic carbocycles. The molecule has 4 nitrogen and oxygen atoms in total. The van der Waals surface area contributed by atoms with Crippen molar-refractivity contribution in [2.75, 3.05) is 26.0 Å². The number of ether oxygens (including phenoxy) is 1. The van der Waals surface area contributed by atoms with Gasteiger partial charge in [0, 0.05) is 25.6 Å². The molecule has 0 rings (SSSR count). The fourth-order valence-electron chi connectivity index (χ4n) is 1.08. The van der Waals surface area contributed by atoms with Crippen molar-refractivity contribution in [3.8, 4) is 0 Å². The minimum atomic E-state index is -3.12. The molecule has 0 aliphatic carbocycles. The Kier molecular flexibility index (Phi) is 8.42. The zero-order chi connectivity index (χ0) is 11.7. The Morgan fingerprint density at radius 2 is 2.07 bits per heavy atom. The van der Waals surface area contributed by atoms with Crippen LogP contribution >= 0.6 is 11.6 Å². The van der Waals surface area contributed by atoms with Gasteiger partial charge in [0.15, 0.2) is 0 Å². The smallest absolute Gasteiger partial charge is 0.211 e. The summed E-state index contributed by atoms with van der Waals surface area (Å²) in [5.41, 5.74) is 0. The van der Waals surface area contributed by atoms with Gasteiger partial charge in [-0.05, 0) is 26.2 Å². The van der Waals surface area contributed by atoms with Crippen molar-refractivity contribution in [3.63, 3.8) is 0 Å². The van der Waals surface area contributed by atoms with Gasteiger partial charge in [0.2, 0.25) is 10.0 Å². The summed E-state index contributed by atoms with van der Waals surface area (Å²) >= 11 is 5.74. The van der Waals surface area contributed by atoms with Crippen LogP contribution in [0, 0.1) is 0 Å². The molecule has 0 radical (unpaired) electrons. The van der Waals surface area contributed by atoms with Crippen LogP contribution in [0.5, 0.6) is 0 Å². The van der Waals surface area contributed by atoms with E-state index in [1.165, 1.54) is 0 Å². The Morgan fingerprint density at radius 1 is 1.40 bits per heavy atom. The standard InChI is InChI=1S/C9H20ClNO3S/c1-9(10)5-3-6-11-15(12,13)8-4-7-14-2/h9,11H,3-8H2,1-2H3. The van der Waals surface area contributed by atoms with Gasteiger partial charge in [0.25, 0.3) is 0 Å². The molecule has 0 amide bonds.